The summed E-state index contributed by atoms with van der Waals surface area (Å²) in [4.78, 5) is 40.7. The molecule has 1 aliphatic heterocycles. The minimum absolute atomic E-state index is 0.0682. The van der Waals surface area contributed by atoms with Crippen molar-refractivity contribution in [3.05, 3.63) is 22.7 Å². The summed E-state index contributed by atoms with van der Waals surface area (Å²) in [7, 11) is 0. The lowest BCUT2D eigenvalue weighted by Gasteiger charge is -2.42. The van der Waals surface area contributed by atoms with Crippen LogP contribution in [0.3, 0.4) is 0 Å². The summed E-state index contributed by atoms with van der Waals surface area (Å²) < 4.78 is 11.7. The number of nitrogen functional groups attached to an aromatic ring is 1. The Bertz CT molecular complexity index is 847. The van der Waals surface area contributed by atoms with Gasteiger partial charge in [-0.1, -0.05) is 13.8 Å². The van der Waals surface area contributed by atoms with Gasteiger partial charge in [0.05, 0.1) is 19.3 Å². The van der Waals surface area contributed by atoms with Crippen molar-refractivity contribution >= 4 is 17.7 Å². The van der Waals surface area contributed by atoms with Gasteiger partial charge in [0.2, 0.25) is 5.91 Å². The monoisotopic (exact) mass is 457 g/mol. The summed E-state index contributed by atoms with van der Waals surface area (Å²) in [6.45, 7) is 3.42. The first-order chi connectivity index (χ1) is 15.1. The summed E-state index contributed by atoms with van der Waals surface area (Å²) in [5, 5.41) is 32.6. The maximum atomic E-state index is 12.7. The molecule has 8 N–H and O–H groups in total. The number of carbonyl (C=O) groups excluding carboxylic acids is 2. The van der Waals surface area contributed by atoms with Crippen LogP contribution in [0, 0.1) is 5.92 Å². The first kappa shape index (κ1) is 25.7. The van der Waals surface area contributed by atoms with E-state index in [-0.39, 0.29) is 12.4 Å². The lowest BCUT2D eigenvalue weighted by molar-refractivity contribution is -0.223. The Morgan fingerprint density at radius 1 is 1.34 bits per heavy atom. The molecule has 1 aliphatic rings. The Kier molecular flexibility index (Phi) is 9.09. The van der Waals surface area contributed by atoms with Gasteiger partial charge in [0.1, 0.15) is 24.1 Å². The smallest absolute Gasteiger partial charge is 0.351 e. The van der Waals surface area contributed by atoms with E-state index < -0.39 is 60.8 Å². The molecule has 13 heteroatoms. The van der Waals surface area contributed by atoms with Crippen LogP contribution in [-0.4, -0.2) is 80.4 Å². The van der Waals surface area contributed by atoms with Gasteiger partial charge in [-0.3, -0.25) is 9.36 Å². The van der Waals surface area contributed by atoms with E-state index in [1.807, 2.05) is 13.8 Å². The number of ether oxygens (including phenoxy) is 2. The van der Waals surface area contributed by atoms with Gasteiger partial charge in [-0.15, -0.1) is 0 Å². The van der Waals surface area contributed by atoms with Crippen LogP contribution >= 0.6 is 0 Å². The predicted molar refractivity (Wildman–Crippen MR) is 111 cm³/mol. The number of nitrogens with zero attached hydrogens (tertiary/aromatic N) is 2. The van der Waals surface area contributed by atoms with Crippen LogP contribution in [0.25, 0.3) is 0 Å². The Morgan fingerprint density at radius 2 is 2.03 bits per heavy atom. The van der Waals surface area contributed by atoms with Crippen molar-refractivity contribution in [2.75, 3.05) is 18.9 Å². The minimum atomic E-state index is -1.75. The number of nitrogens with two attached hydrogens (primary N) is 2. The van der Waals surface area contributed by atoms with Gasteiger partial charge in [-0.2, -0.15) is 4.98 Å². The zero-order valence-corrected chi connectivity index (χ0v) is 18.0. The van der Waals surface area contributed by atoms with Crippen LogP contribution in [0.15, 0.2) is 17.1 Å². The average molecular weight is 457 g/mol. The largest absolute Gasteiger partial charge is 0.464 e. The summed E-state index contributed by atoms with van der Waals surface area (Å²) in [5.74, 6) is -1.46. The fourth-order valence-corrected chi connectivity index (χ4v) is 3.19. The van der Waals surface area contributed by atoms with Gasteiger partial charge in [0, 0.05) is 6.20 Å². The van der Waals surface area contributed by atoms with Crippen LogP contribution in [0.2, 0.25) is 0 Å². The number of aromatic nitrogens is 2. The molecule has 2 rings (SSSR count). The maximum absolute atomic E-state index is 12.7. The standard InChI is InChI=1S/C19H31N5O8/c1-9(2)4-3-7-31-18(29)15-12(23-16(28)10(20)8-25)13(26)14(27)17(32-15)24-6-5-11(21)22-19(24)30/h5-6,9-10,12-15,17,25-27H,3-4,7-8,20H2,1-2H3,(H,23,28)(H2,21,22,30). The number of hydrogen-bond donors (Lipinski definition) is 6. The third kappa shape index (κ3) is 6.23. The van der Waals surface area contributed by atoms with Crippen LogP contribution in [0.1, 0.15) is 32.9 Å². The second-order valence-electron chi connectivity index (χ2n) is 8.00. The quantitative estimate of drug-likeness (QED) is 0.165. The number of hydrogen-bond acceptors (Lipinski definition) is 11. The molecule has 1 aromatic heterocycles. The SMILES string of the molecule is CC(C)CCCOC(=O)C1OC(n2ccc(N)nc2=O)C(O)C(O)C1NC(=O)C(N)CO. The Hall–Kier alpha value is -2.58. The Labute approximate surface area is 184 Å². The number of nitrogens with one attached hydrogen (secondary N) is 1. The topological polar surface area (TPSA) is 212 Å². The molecule has 1 amide bonds. The molecule has 1 fully saturated rings. The van der Waals surface area contributed by atoms with E-state index in [0.29, 0.717) is 12.3 Å². The highest BCUT2D eigenvalue weighted by Gasteiger charge is 2.50. The molecule has 0 aliphatic carbocycles. The van der Waals surface area contributed by atoms with E-state index in [1.165, 1.54) is 12.3 Å². The molecule has 13 nitrogen and oxygen atoms in total. The molecular formula is C19H31N5O8. The van der Waals surface area contributed by atoms with E-state index in [0.717, 1.165) is 11.0 Å². The van der Waals surface area contributed by atoms with Gasteiger partial charge in [0.25, 0.3) is 0 Å². The molecule has 2 heterocycles. The fourth-order valence-electron chi connectivity index (χ4n) is 3.19. The number of amides is 1. The second-order valence-corrected chi connectivity index (χ2v) is 8.00. The number of esters is 1. The molecule has 0 bridgehead atoms. The third-order valence-electron chi connectivity index (χ3n) is 4.99. The third-order valence-corrected chi connectivity index (χ3v) is 4.99. The number of carbonyl (C=O) groups is 2. The van der Waals surface area contributed by atoms with Crippen molar-refractivity contribution in [3.63, 3.8) is 0 Å². The first-order valence-electron chi connectivity index (χ1n) is 10.3. The molecular weight excluding hydrogens is 426 g/mol. The van der Waals surface area contributed by atoms with Gasteiger partial charge >= 0.3 is 11.7 Å². The molecule has 6 atom stereocenters. The zero-order chi connectivity index (χ0) is 24.0. The van der Waals surface area contributed by atoms with Crippen LogP contribution in [0.4, 0.5) is 5.82 Å². The van der Waals surface area contributed by atoms with E-state index in [9.17, 15) is 24.6 Å². The Morgan fingerprint density at radius 3 is 2.62 bits per heavy atom. The van der Waals surface area contributed by atoms with Gasteiger partial charge in [0.15, 0.2) is 12.3 Å². The van der Waals surface area contributed by atoms with Gasteiger partial charge < -0.3 is 41.6 Å². The van der Waals surface area contributed by atoms with Crippen LogP contribution in [-0.2, 0) is 19.1 Å². The molecule has 6 unspecified atom stereocenters. The number of rotatable bonds is 9. The summed E-state index contributed by atoms with van der Waals surface area (Å²) >= 11 is 0. The van der Waals surface area contributed by atoms with Crippen molar-refractivity contribution < 1.29 is 34.4 Å². The van der Waals surface area contributed by atoms with E-state index in [1.54, 1.807) is 0 Å². The lowest BCUT2D eigenvalue weighted by atomic mass is 9.94. The molecule has 0 radical (unpaired) electrons. The highest BCUT2D eigenvalue weighted by Crippen LogP contribution is 2.28. The van der Waals surface area contributed by atoms with E-state index >= 15 is 0 Å². The highest BCUT2D eigenvalue weighted by atomic mass is 16.6. The average Bonchev–Trinajstić information content (AvgIpc) is 2.74. The molecule has 0 saturated carbocycles. The molecule has 0 aromatic carbocycles. The number of anilines is 1. The maximum Gasteiger partial charge on any atom is 0.351 e. The molecule has 180 valence electrons. The van der Waals surface area contributed by atoms with Crippen LogP contribution in [0.5, 0.6) is 0 Å². The minimum Gasteiger partial charge on any atom is -0.464 e. The highest BCUT2D eigenvalue weighted by molar-refractivity contribution is 5.83. The lowest BCUT2D eigenvalue weighted by Crippen LogP contribution is -2.66. The Balaban J connectivity index is 2.28. The first-order valence-corrected chi connectivity index (χ1v) is 10.3. The van der Waals surface area contributed by atoms with E-state index in [4.69, 9.17) is 26.0 Å². The van der Waals surface area contributed by atoms with Crippen molar-refractivity contribution in [1.82, 2.24) is 14.9 Å². The normalized spacial score (nSPS) is 26.5. The van der Waals surface area contributed by atoms with Gasteiger partial charge in [-0.05, 0) is 24.8 Å². The number of aliphatic hydroxyl groups excluding tert-OH is 3. The second kappa shape index (κ2) is 11.3. The molecule has 1 saturated heterocycles. The molecule has 1 aromatic rings. The van der Waals surface area contributed by atoms with Crippen molar-refractivity contribution in [2.24, 2.45) is 11.7 Å². The van der Waals surface area contributed by atoms with Crippen molar-refractivity contribution in [2.45, 2.75) is 63.3 Å². The molecule has 0 spiro atoms. The zero-order valence-electron chi connectivity index (χ0n) is 18.0. The molecule has 32 heavy (non-hydrogen) atoms. The fraction of sp³-hybridized carbons (Fsp3) is 0.684. The van der Waals surface area contributed by atoms with Crippen molar-refractivity contribution in [3.8, 4) is 0 Å². The summed E-state index contributed by atoms with van der Waals surface area (Å²) in [5.41, 5.74) is 10.1. The predicted octanol–water partition coefficient (Wildman–Crippen LogP) is -2.77. The van der Waals surface area contributed by atoms with E-state index in [2.05, 4.69) is 10.3 Å². The number of aliphatic hydroxyl groups is 3. The van der Waals surface area contributed by atoms with Crippen molar-refractivity contribution in [1.29, 1.82) is 0 Å². The van der Waals surface area contributed by atoms with Crippen LogP contribution < -0.4 is 22.5 Å². The summed E-state index contributed by atoms with van der Waals surface area (Å²) in [6, 6.07) is -1.51. The summed E-state index contributed by atoms with van der Waals surface area (Å²) in [6.07, 6.45) is -4.01. The van der Waals surface area contributed by atoms with Gasteiger partial charge in [-0.25, -0.2) is 9.59 Å².